The number of para-hydroxylation sites is 1. The average molecular weight is 314 g/mol. The molecule has 0 amide bonds. The summed E-state index contributed by atoms with van der Waals surface area (Å²) in [4.78, 5) is 0. The number of ether oxygens (including phenoxy) is 1. The number of aryl methyl sites for hydroxylation is 1. The molecule has 2 nitrogen and oxygen atoms in total. The van der Waals surface area contributed by atoms with Gasteiger partial charge in [0.2, 0.25) is 0 Å². The lowest BCUT2D eigenvalue weighted by Crippen LogP contribution is -2.08. The van der Waals surface area contributed by atoms with Crippen LogP contribution in [0.2, 0.25) is 5.02 Å². The first kappa shape index (κ1) is 15.0. The van der Waals surface area contributed by atoms with Crippen molar-refractivity contribution in [2.45, 2.75) is 33.4 Å². The molecule has 3 rings (SSSR count). The number of nitrogens with zero attached hydrogens (tertiary/aromatic N) is 1. The highest BCUT2D eigenvalue weighted by Crippen LogP contribution is 2.28. The average Bonchev–Trinajstić information content (AvgIpc) is 2.84. The van der Waals surface area contributed by atoms with E-state index in [0.717, 1.165) is 11.4 Å². The van der Waals surface area contributed by atoms with Crippen LogP contribution in [0.1, 0.15) is 31.1 Å². The highest BCUT2D eigenvalue weighted by atomic mass is 35.5. The van der Waals surface area contributed by atoms with E-state index >= 15 is 0 Å². The zero-order valence-corrected chi connectivity index (χ0v) is 13.9. The quantitative estimate of drug-likeness (QED) is 0.597. The van der Waals surface area contributed by atoms with Crippen LogP contribution in [0.4, 0.5) is 0 Å². The lowest BCUT2D eigenvalue weighted by molar-refractivity contribution is 0.293. The summed E-state index contributed by atoms with van der Waals surface area (Å²) in [5, 5.41) is 1.90. The van der Waals surface area contributed by atoms with Crippen molar-refractivity contribution in [1.82, 2.24) is 4.57 Å². The molecule has 1 aromatic heterocycles. The van der Waals surface area contributed by atoms with Crippen molar-refractivity contribution in [3.8, 4) is 5.75 Å². The molecule has 0 aliphatic rings. The van der Waals surface area contributed by atoms with Gasteiger partial charge in [-0.05, 0) is 51.1 Å². The summed E-state index contributed by atoms with van der Waals surface area (Å²) in [6.45, 7) is 7.01. The molecule has 0 aliphatic heterocycles. The van der Waals surface area contributed by atoms with Crippen molar-refractivity contribution in [3.63, 3.8) is 0 Å². The van der Waals surface area contributed by atoms with Crippen molar-refractivity contribution in [3.05, 3.63) is 64.8 Å². The lowest BCUT2D eigenvalue weighted by atomic mass is 10.2. The fourth-order valence-electron chi connectivity index (χ4n) is 2.85. The molecule has 114 valence electrons. The molecule has 0 aliphatic carbocycles. The van der Waals surface area contributed by atoms with E-state index in [9.17, 15) is 0 Å². The number of hydrogen-bond acceptors (Lipinski definition) is 1. The first-order valence-electron chi connectivity index (χ1n) is 7.54. The molecule has 0 bridgehead atoms. The van der Waals surface area contributed by atoms with Crippen LogP contribution in [0.25, 0.3) is 10.9 Å². The minimum absolute atomic E-state index is 0.380. The second-order valence-corrected chi connectivity index (χ2v) is 6.29. The molecule has 0 unspecified atom stereocenters. The molecular weight excluding hydrogens is 294 g/mol. The van der Waals surface area contributed by atoms with Gasteiger partial charge in [0.15, 0.2) is 0 Å². The van der Waals surface area contributed by atoms with Crippen LogP contribution in [-0.2, 0) is 6.61 Å². The molecule has 0 radical (unpaired) electrons. The maximum Gasteiger partial charge on any atom is 0.138 e. The van der Waals surface area contributed by atoms with Crippen LogP contribution >= 0.6 is 11.6 Å². The van der Waals surface area contributed by atoms with Crippen molar-refractivity contribution in [2.75, 3.05) is 0 Å². The number of halogens is 1. The number of fused-ring (bicyclic) bond motifs is 1. The summed E-state index contributed by atoms with van der Waals surface area (Å²) >= 11 is 6.16. The Bertz CT molecular complexity index is 804. The van der Waals surface area contributed by atoms with Crippen molar-refractivity contribution >= 4 is 22.5 Å². The molecule has 3 aromatic rings. The van der Waals surface area contributed by atoms with E-state index in [4.69, 9.17) is 16.3 Å². The number of aromatic nitrogens is 1. The fourth-order valence-corrected chi connectivity index (χ4v) is 3.04. The smallest absolute Gasteiger partial charge is 0.138 e. The van der Waals surface area contributed by atoms with Gasteiger partial charge in [0.05, 0.1) is 10.7 Å². The summed E-state index contributed by atoms with van der Waals surface area (Å²) in [7, 11) is 0. The molecule has 2 aromatic carbocycles. The van der Waals surface area contributed by atoms with Crippen molar-refractivity contribution in [2.24, 2.45) is 0 Å². The summed E-state index contributed by atoms with van der Waals surface area (Å²) in [6.07, 6.45) is 0. The fraction of sp³-hybridized carbons (Fsp3) is 0.263. The van der Waals surface area contributed by atoms with Crippen molar-refractivity contribution in [1.29, 1.82) is 0 Å². The standard InChI is InChI=1S/C19H20ClNO/c1-13(2)21-16(11-15-10-14(3)8-9-18(15)21)12-22-19-7-5-4-6-17(19)20/h4-11,13H,12H2,1-3H3. The third-order valence-electron chi connectivity index (χ3n) is 3.80. The van der Waals surface area contributed by atoms with Crippen LogP contribution in [0, 0.1) is 6.92 Å². The van der Waals surface area contributed by atoms with Gasteiger partial charge in [0.1, 0.15) is 12.4 Å². The van der Waals surface area contributed by atoms with Crippen LogP contribution in [0.5, 0.6) is 5.75 Å². The van der Waals surface area contributed by atoms with E-state index in [1.165, 1.54) is 16.5 Å². The molecular formula is C19H20ClNO. The van der Waals surface area contributed by atoms with Gasteiger partial charge in [-0.3, -0.25) is 0 Å². The van der Waals surface area contributed by atoms with E-state index in [1.807, 2.05) is 24.3 Å². The van der Waals surface area contributed by atoms with E-state index in [1.54, 1.807) is 0 Å². The topological polar surface area (TPSA) is 14.2 Å². The highest BCUT2D eigenvalue weighted by molar-refractivity contribution is 6.32. The number of hydrogen-bond donors (Lipinski definition) is 0. The van der Waals surface area contributed by atoms with E-state index in [-0.39, 0.29) is 0 Å². The van der Waals surface area contributed by atoms with Gasteiger partial charge in [-0.1, -0.05) is 35.4 Å². The Hall–Kier alpha value is -1.93. The Kier molecular flexibility index (Phi) is 4.12. The minimum atomic E-state index is 0.380. The lowest BCUT2D eigenvalue weighted by Gasteiger charge is -2.15. The van der Waals surface area contributed by atoms with Gasteiger partial charge in [0, 0.05) is 16.9 Å². The Morgan fingerprint density at radius 3 is 2.59 bits per heavy atom. The van der Waals surface area contributed by atoms with Crippen LogP contribution in [0.15, 0.2) is 48.5 Å². The van der Waals surface area contributed by atoms with Gasteiger partial charge in [-0.2, -0.15) is 0 Å². The molecule has 0 spiro atoms. The van der Waals surface area contributed by atoms with Crippen LogP contribution in [-0.4, -0.2) is 4.57 Å². The minimum Gasteiger partial charge on any atom is -0.486 e. The maximum absolute atomic E-state index is 6.16. The number of benzene rings is 2. The third-order valence-corrected chi connectivity index (χ3v) is 4.11. The normalized spacial score (nSPS) is 11.3. The van der Waals surface area contributed by atoms with Crippen molar-refractivity contribution < 1.29 is 4.74 Å². The molecule has 0 N–H and O–H groups in total. The molecule has 0 atom stereocenters. The van der Waals surface area contributed by atoms with Gasteiger partial charge >= 0.3 is 0 Å². The Balaban J connectivity index is 1.96. The molecule has 0 saturated carbocycles. The SMILES string of the molecule is Cc1ccc2c(c1)cc(COc1ccccc1Cl)n2C(C)C. The molecule has 0 saturated heterocycles. The van der Waals surface area contributed by atoms with E-state index < -0.39 is 0 Å². The Labute approximate surface area is 136 Å². The van der Waals surface area contributed by atoms with E-state index in [0.29, 0.717) is 17.7 Å². The molecule has 1 heterocycles. The largest absolute Gasteiger partial charge is 0.486 e. The monoisotopic (exact) mass is 313 g/mol. The first-order valence-corrected chi connectivity index (χ1v) is 7.92. The predicted molar refractivity (Wildman–Crippen MR) is 92.8 cm³/mol. The summed E-state index contributed by atoms with van der Waals surface area (Å²) in [5.41, 5.74) is 3.68. The van der Waals surface area contributed by atoms with Gasteiger partial charge in [0.25, 0.3) is 0 Å². The second-order valence-electron chi connectivity index (χ2n) is 5.88. The maximum atomic E-state index is 6.16. The van der Waals surface area contributed by atoms with E-state index in [2.05, 4.69) is 49.6 Å². The first-order chi connectivity index (χ1) is 10.6. The Morgan fingerprint density at radius 2 is 1.86 bits per heavy atom. The highest BCUT2D eigenvalue weighted by Gasteiger charge is 2.12. The van der Waals surface area contributed by atoms with Gasteiger partial charge in [-0.25, -0.2) is 0 Å². The third kappa shape index (κ3) is 2.84. The molecule has 3 heteroatoms. The second kappa shape index (κ2) is 6.05. The summed E-state index contributed by atoms with van der Waals surface area (Å²) in [5.74, 6) is 0.723. The molecule has 22 heavy (non-hydrogen) atoms. The van der Waals surface area contributed by atoms with Crippen LogP contribution < -0.4 is 4.74 Å². The van der Waals surface area contributed by atoms with Gasteiger partial charge < -0.3 is 9.30 Å². The molecule has 0 fully saturated rings. The Morgan fingerprint density at radius 1 is 1.09 bits per heavy atom. The zero-order valence-electron chi connectivity index (χ0n) is 13.1. The summed E-state index contributed by atoms with van der Waals surface area (Å²) in [6, 6.07) is 16.7. The summed E-state index contributed by atoms with van der Waals surface area (Å²) < 4.78 is 8.25. The number of rotatable bonds is 4. The van der Waals surface area contributed by atoms with Crippen LogP contribution in [0.3, 0.4) is 0 Å². The predicted octanol–water partition coefficient (Wildman–Crippen LogP) is 5.76. The zero-order chi connectivity index (χ0) is 15.7. The van der Waals surface area contributed by atoms with Gasteiger partial charge in [-0.15, -0.1) is 0 Å².